The van der Waals surface area contributed by atoms with Crippen LogP contribution in [0.15, 0.2) is 4.99 Å². The summed E-state index contributed by atoms with van der Waals surface area (Å²) in [6, 6.07) is 0. The highest BCUT2D eigenvalue weighted by Crippen LogP contribution is 2.14. The van der Waals surface area contributed by atoms with Gasteiger partial charge in [0.25, 0.3) is 0 Å². The van der Waals surface area contributed by atoms with E-state index >= 15 is 0 Å². The van der Waals surface area contributed by atoms with Crippen LogP contribution in [0.3, 0.4) is 0 Å². The Labute approximate surface area is 144 Å². The van der Waals surface area contributed by atoms with Crippen molar-refractivity contribution in [2.75, 3.05) is 13.1 Å². The van der Waals surface area contributed by atoms with E-state index in [1.54, 1.807) is 0 Å². The minimum atomic E-state index is 0. The summed E-state index contributed by atoms with van der Waals surface area (Å²) in [6.45, 7) is 6.82. The van der Waals surface area contributed by atoms with Crippen LogP contribution in [0.5, 0.6) is 0 Å². The summed E-state index contributed by atoms with van der Waals surface area (Å²) >= 11 is 0. The normalized spacial score (nSPS) is 15.3. The Morgan fingerprint density at radius 3 is 2.90 bits per heavy atom. The van der Waals surface area contributed by atoms with Gasteiger partial charge < -0.3 is 15.6 Å². The first-order valence-electron chi connectivity index (χ1n) is 7.61. The molecule has 3 N–H and O–H groups in total. The van der Waals surface area contributed by atoms with E-state index < -0.39 is 0 Å². The van der Waals surface area contributed by atoms with E-state index in [0.29, 0.717) is 11.9 Å². The fourth-order valence-electron chi connectivity index (χ4n) is 2.37. The average Bonchev–Trinajstić information content (AvgIpc) is 2.65. The fraction of sp³-hybridized carbons (Fsp3) is 0.786. The monoisotopic (exact) mass is 406 g/mol. The number of nitrogens with one attached hydrogen (secondary N) is 1. The van der Waals surface area contributed by atoms with E-state index in [9.17, 15) is 0 Å². The van der Waals surface area contributed by atoms with E-state index in [1.807, 2.05) is 0 Å². The number of aromatic nitrogens is 3. The van der Waals surface area contributed by atoms with Crippen molar-refractivity contribution in [2.45, 2.75) is 52.5 Å². The molecule has 0 bridgehead atoms. The molecule has 0 saturated carbocycles. The Balaban J connectivity index is 0.00000220. The van der Waals surface area contributed by atoms with Gasteiger partial charge in [0, 0.05) is 32.5 Å². The molecule has 6 nitrogen and oxygen atoms in total. The number of aryl methyl sites for hydroxylation is 1. The quantitative estimate of drug-likeness (QED) is 0.443. The zero-order chi connectivity index (χ0) is 14.4. The first kappa shape index (κ1) is 18.2. The molecule has 0 fully saturated rings. The lowest BCUT2D eigenvalue weighted by molar-refractivity contribution is 0.600. The van der Waals surface area contributed by atoms with Crippen LogP contribution in [-0.4, -0.2) is 33.8 Å². The molecule has 7 heteroatoms. The molecule has 0 atom stereocenters. The van der Waals surface area contributed by atoms with Gasteiger partial charge >= 0.3 is 0 Å². The number of fused-ring (bicyclic) bond motifs is 1. The summed E-state index contributed by atoms with van der Waals surface area (Å²) in [7, 11) is 0. The predicted octanol–water partition coefficient (Wildman–Crippen LogP) is 1.73. The summed E-state index contributed by atoms with van der Waals surface area (Å²) in [5.74, 6) is 3.25. The van der Waals surface area contributed by atoms with Gasteiger partial charge in [-0.05, 0) is 18.8 Å². The molecule has 0 amide bonds. The lowest BCUT2D eigenvalue weighted by atomic mass is 10.2. The van der Waals surface area contributed by atoms with Crippen LogP contribution in [0.4, 0.5) is 0 Å². The zero-order valence-corrected chi connectivity index (χ0v) is 15.3. The number of guanidine groups is 1. The van der Waals surface area contributed by atoms with Crippen molar-refractivity contribution < 1.29 is 0 Å². The van der Waals surface area contributed by atoms with Crippen LogP contribution >= 0.6 is 24.0 Å². The number of nitrogens with zero attached hydrogens (tertiary/aromatic N) is 4. The van der Waals surface area contributed by atoms with Gasteiger partial charge in [0.1, 0.15) is 11.6 Å². The average molecular weight is 406 g/mol. The van der Waals surface area contributed by atoms with E-state index in [2.05, 4.69) is 38.9 Å². The lowest BCUT2D eigenvalue weighted by Crippen LogP contribution is -2.34. The van der Waals surface area contributed by atoms with Gasteiger partial charge in [-0.15, -0.1) is 34.2 Å². The van der Waals surface area contributed by atoms with Crippen molar-refractivity contribution in [3.8, 4) is 0 Å². The molecule has 0 saturated heterocycles. The molecular formula is C14H27IN6. The molecule has 2 heterocycles. The largest absolute Gasteiger partial charge is 0.370 e. The van der Waals surface area contributed by atoms with Gasteiger partial charge in [-0.25, -0.2) is 0 Å². The lowest BCUT2D eigenvalue weighted by Gasteiger charge is -2.08. The molecule has 1 aliphatic rings. The van der Waals surface area contributed by atoms with Crippen molar-refractivity contribution in [1.29, 1.82) is 0 Å². The van der Waals surface area contributed by atoms with E-state index in [4.69, 9.17) is 5.73 Å². The number of nitrogens with two attached hydrogens (primary N) is 1. The van der Waals surface area contributed by atoms with Crippen LogP contribution < -0.4 is 11.1 Å². The maximum absolute atomic E-state index is 5.82. The van der Waals surface area contributed by atoms with E-state index in [-0.39, 0.29) is 24.0 Å². The van der Waals surface area contributed by atoms with Crippen LogP contribution in [0.1, 0.15) is 44.8 Å². The van der Waals surface area contributed by atoms with Gasteiger partial charge in [-0.2, -0.15) is 0 Å². The maximum Gasteiger partial charge on any atom is 0.188 e. The third kappa shape index (κ3) is 5.80. The van der Waals surface area contributed by atoms with Crippen molar-refractivity contribution in [3.63, 3.8) is 0 Å². The standard InChI is InChI=1S/C14H26N6.HI/c1-11(2)10-17-14(15)16-8-7-13-19-18-12-6-4-3-5-9-20(12)13;/h11H,3-10H2,1-2H3,(H3,15,16,17);1H. The SMILES string of the molecule is CC(C)CN=C(N)NCCc1nnc2n1CCCCC2.I. The Hall–Kier alpha value is -0.860. The fourth-order valence-corrected chi connectivity index (χ4v) is 2.37. The molecule has 120 valence electrons. The Morgan fingerprint density at radius 1 is 1.33 bits per heavy atom. The second-order valence-corrected chi connectivity index (χ2v) is 5.79. The van der Waals surface area contributed by atoms with Gasteiger partial charge in [0.15, 0.2) is 5.96 Å². The number of aliphatic imine (C=N–C) groups is 1. The van der Waals surface area contributed by atoms with Crippen molar-refractivity contribution in [1.82, 2.24) is 20.1 Å². The third-order valence-corrected chi connectivity index (χ3v) is 3.47. The second-order valence-electron chi connectivity index (χ2n) is 5.79. The number of halogens is 1. The number of rotatable bonds is 5. The van der Waals surface area contributed by atoms with Crippen molar-refractivity contribution >= 4 is 29.9 Å². The molecule has 0 unspecified atom stereocenters. The number of hydrogen-bond donors (Lipinski definition) is 2. The molecule has 2 rings (SSSR count). The summed E-state index contributed by atoms with van der Waals surface area (Å²) in [4.78, 5) is 4.29. The summed E-state index contributed by atoms with van der Waals surface area (Å²) < 4.78 is 2.27. The molecule has 1 aromatic heterocycles. The highest BCUT2D eigenvalue weighted by Gasteiger charge is 2.14. The third-order valence-electron chi connectivity index (χ3n) is 3.47. The highest BCUT2D eigenvalue weighted by atomic mass is 127. The van der Waals surface area contributed by atoms with E-state index in [1.165, 1.54) is 19.3 Å². The topological polar surface area (TPSA) is 81.1 Å². The first-order chi connectivity index (χ1) is 9.66. The molecule has 1 aromatic rings. The number of hydrogen-bond acceptors (Lipinski definition) is 3. The molecule has 0 aliphatic carbocycles. The van der Waals surface area contributed by atoms with Crippen LogP contribution in [0.25, 0.3) is 0 Å². The summed E-state index contributed by atoms with van der Waals surface area (Å²) in [5.41, 5.74) is 5.82. The van der Waals surface area contributed by atoms with Crippen LogP contribution in [0.2, 0.25) is 0 Å². The van der Waals surface area contributed by atoms with Gasteiger partial charge in [-0.1, -0.05) is 20.3 Å². The van der Waals surface area contributed by atoms with Crippen molar-refractivity contribution in [3.05, 3.63) is 11.6 Å². The minimum absolute atomic E-state index is 0. The second kappa shape index (κ2) is 9.22. The minimum Gasteiger partial charge on any atom is -0.370 e. The molecule has 21 heavy (non-hydrogen) atoms. The Bertz CT molecular complexity index is 454. The molecule has 1 aliphatic heterocycles. The molecule has 0 spiro atoms. The first-order valence-corrected chi connectivity index (χ1v) is 7.61. The van der Waals surface area contributed by atoms with Crippen molar-refractivity contribution in [2.24, 2.45) is 16.6 Å². The van der Waals surface area contributed by atoms with Gasteiger partial charge in [-0.3, -0.25) is 4.99 Å². The summed E-state index contributed by atoms with van der Waals surface area (Å²) in [6.07, 6.45) is 5.63. The van der Waals surface area contributed by atoms with Gasteiger partial charge in [0.2, 0.25) is 0 Å². The molecular weight excluding hydrogens is 379 g/mol. The summed E-state index contributed by atoms with van der Waals surface area (Å²) in [5, 5.41) is 11.7. The van der Waals surface area contributed by atoms with E-state index in [0.717, 1.165) is 44.1 Å². The smallest absolute Gasteiger partial charge is 0.188 e. The Morgan fingerprint density at radius 2 is 2.14 bits per heavy atom. The van der Waals surface area contributed by atoms with Crippen LogP contribution in [-0.2, 0) is 19.4 Å². The highest BCUT2D eigenvalue weighted by molar-refractivity contribution is 14.0. The zero-order valence-electron chi connectivity index (χ0n) is 13.0. The predicted molar refractivity (Wildman–Crippen MR) is 96.0 cm³/mol. The Kier molecular flexibility index (Phi) is 7.98. The molecule has 0 radical (unpaired) electrons. The van der Waals surface area contributed by atoms with Crippen LogP contribution in [0, 0.1) is 5.92 Å². The van der Waals surface area contributed by atoms with Gasteiger partial charge in [0.05, 0.1) is 0 Å². The maximum atomic E-state index is 5.82. The molecule has 0 aromatic carbocycles.